The van der Waals surface area contributed by atoms with Crippen LogP contribution in [0.3, 0.4) is 0 Å². The topological polar surface area (TPSA) is 25.6 Å². The quantitative estimate of drug-likeness (QED) is 0.176. The molecule has 0 fully saturated rings. The molecule has 4 heteroatoms. The third-order valence-electron chi connectivity index (χ3n) is 16.0. The first-order valence-corrected chi connectivity index (χ1v) is 25.5. The number of furan rings is 1. The van der Waals surface area contributed by atoms with Gasteiger partial charge >= 0.3 is 0 Å². The van der Waals surface area contributed by atoms with Gasteiger partial charge in [0, 0.05) is 48.8 Å². The molecule has 2 spiro atoms. The number of hydrogen-bond acceptors (Lipinski definition) is 4. The maximum absolute atomic E-state index is 6.74. The maximum atomic E-state index is 6.74. The van der Waals surface area contributed by atoms with Crippen molar-refractivity contribution < 1.29 is 9.15 Å². The molecule has 4 aliphatic rings. The van der Waals surface area contributed by atoms with Crippen LogP contribution in [-0.2, 0) is 10.8 Å². The molecule has 12 aromatic rings. The lowest BCUT2D eigenvalue weighted by molar-refractivity contribution is 0.436. The summed E-state index contributed by atoms with van der Waals surface area (Å²) in [6, 6.07) is 91.7. The Morgan fingerprint density at radius 1 is 0.306 bits per heavy atom. The molecular weight excluding hydrogens is 895 g/mol. The zero-order valence-electron chi connectivity index (χ0n) is 38.8. The second-order valence-corrected chi connectivity index (χ2v) is 20.5. The summed E-state index contributed by atoms with van der Waals surface area (Å²) in [6.07, 6.45) is 0. The van der Waals surface area contributed by atoms with Gasteiger partial charge in [0.05, 0.1) is 10.8 Å². The molecule has 336 valence electrons. The summed E-state index contributed by atoms with van der Waals surface area (Å²) in [5.41, 5.74) is 21.3. The first-order chi connectivity index (χ1) is 35.7. The van der Waals surface area contributed by atoms with Crippen LogP contribution in [0.1, 0.15) is 44.5 Å². The Morgan fingerprint density at radius 3 is 1.50 bits per heavy atom. The fraction of sp³-hybridized carbons (Fsp3) is 0.0294. The number of anilines is 3. The molecule has 0 atom stereocenters. The molecule has 2 aliphatic heterocycles. The van der Waals surface area contributed by atoms with Gasteiger partial charge in [-0.25, -0.2) is 0 Å². The molecule has 72 heavy (non-hydrogen) atoms. The lowest BCUT2D eigenvalue weighted by Gasteiger charge is -2.40. The third kappa shape index (κ3) is 5.26. The van der Waals surface area contributed by atoms with Gasteiger partial charge in [-0.05, 0) is 146 Å². The second kappa shape index (κ2) is 14.8. The Hall–Kier alpha value is -8.83. The summed E-state index contributed by atoms with van der Waals surface area (Å²) in [5, 5.41) is 2.25. The number of rotatable bonds is 4. The van der Waals surface area contributed by atoms with E-state index >= 15 is 0 Å². The summed E-state index contributed by atoms with van der Waals surface area (Å²) in [6.45, 7) is 0. The van der Waals surface area contributed by atoms with Crippen molar-refractivity contribution >= 4 is 50.8 Å². The van der Waals surface area contributed by atoms with Gasteiger partial charge in [-0.2, -0.15) is 0 Å². The van der Waals surface area contributed by atoms with Gasteiger partial charge in [0.25, 0.3) is 0 Å². The van der Waals surface area contributed by atoms with Crippen molar-refractivity contribution in [3.8, 4) is 44.9 Å². The first kappa shape index (κ1) is 40.0. The van der Waals surface area contributed by atoms with Gasteiger partial charge in [-0.3, -0.25) is 0 Å². The monoisotopic (exact) mass is 935 g/mol. The number of ether oxygens (including phenoxy) is 1. The summed E-state index contributed by atoms with van der Waals surface area (Å²) in [4.78, 5) is 5.07. The Morgan fingerprint density at radius 2 is 0.792 bits per heavy atom. The summed E-state index contributed by atoms with van der Waals surface area (Å²) >= 11 is 1.88. The van der Waals surface area contributed by atoms with Crippen LogP contribution in [0.2, 0.25) is 0 Å². The van der Waals surface area contributed by atoms with Gasteiger partial charge in [0.1, 0.15) is 22.7 Å². The molecule has 3 nitrogen and oxygen atoms in total. The number of para-hydroxylation sites is 3. The van der Waals surface area contributed by atoms with Crippen molar-refractivity contribution in [1.29, 1.82) is 0 Å². The predicted octanol–water partition coefficient (Wildman–Crippen LogP) is 18.0. The molecule has 0 N–H and O–H groups in total. The normalized spacial score (nSPS) is 14.4. The molecular formula is C68H41NO2S. The van der Waals surface area contributed by atoms with Crippen molar-refractivity contribution in [3.05, 3.63) is 293 Å². The second-order valence-electron chi connectivity index (χ2n) is 19.4. The third-order valence-corrected chi connectivity index (χ3v) is 17.2. The van der Waals surface area contributed by atoms with Gasteiger partial charge in [-0.15, -0.1) is 0 Å². The van der Waals surface area contributed by atoms with E-state index in [0.29, 0.717) is 0 Å². The molecule has 1 aromatic heterocycles. The van der Waals surface area contributed by atoms with Crippen molar-refractivity contribution in [2.24, 2.45) is 0 Å². The molecule has 0 amide bonds. The van der Waals surface area contributed by atoms with Crippen molar-refractivity contribution in [2.45, 2.75) is 20.6 Å². The van der Waals surface area contributed by atoms with Gasteiger partial charge < -0.3 is 14.1 Å². The largest absolute Gasteiger partial charge is 0.457 e. The van der Waals surface area contributed by atoms with Crippen molar-refractivity contribution in [1.82, 2.24) is 0 Å². The fourth-order valence-electron chi connectivity index (χ4n) is 13.1. The zero-order valence-corrected chi connectivity index (χ0v) is 39.7. The van der Waals surface area contributed by atoms with Gasteiger partial charge in [-0.1, -0.05) is 182 Å². The van der Waals surface area contributed by atoms with E-state index in [1.807, 2.05) is 23.9 Å². The molecule has 11 aromatic carbocycles. The van der Waals surface area contributed by atoms with E-state index in [-0.39, 0.29) is 0 Å². The van der Waals surface area contributed by atoms with E-state index in [0.717, 1.165) is 72.8 Å². The average molecular weight is 936 g/mol. The van der Waals surface area contributed by atoms with Crippen LogP contribution in [0, 0.1) is 0 Å². The molecule has 16 rings (SSSR count). The maximum Gasteiger partial charge on any atom is 0.135 e. The predicted molar refractivity (Wildman–Crippen MR) is 293 cm³/mol. The highest BCUT2D eigenvalue weighted by molar-refractivity contribution is 7.99. The van der Waals surface area contributed by atoms with Crippen LogP contribution in [0.15, 0.2) is 263 Å². The minimum Gasteiger partial charge on any atom is -0.457 e. The molecule has 0 bridgehead atoms. The lowest BCUT2D eigenvalue weighted by atomic mass is 9.66. The van der Waals surface area contributed by atoms with Crippen LogP contribution in [0.25, 0.3) is 55.3 Å². The van der Waals surface area contributed by atoms with Crippen LogP contribution in [0.5, 0.6) is 11.5 Å². The standard InChI is InChI=1S/C68H41NO2S/c1-4-18-53-47(15-1)49-36-34-46(41-60(49)68(53)56-20-6-11-25-63(56)71-64-26-12-7-21-57(64)68)69(44-32-29-42(30-33-44)43-31-38-62-52(39-43)50-17-3-10-24-61(50)70-62)45-35-37-55-51(40-45)48-16-2-5-19-54(48)67(55)58-22-8-13-27-65(58)72-66-28-14-9-23-59(66)67/h1-41H. The Labute approximate surface area is 421 Å². The molecule has 0 radical (unpaired) electrons. The molecule has 0 unspecified atom stereocenters. The highest BCUT2D eigenvalue weighted by atomic mass is 32.2. The molecule has 0 saturated heterocycles. The SMILES string of the molecule is c1ccc2c(c1)Oc1ccccc1C21c2ccccc2-c2ccc(N(c3ccc(-c4ccc5oc6ccccc6c5c4)cc3)c3ccc4c(c3)-c3ccccc3C43c4ccccc4Sc4ccccc43)cc21. The Kier molecular flexibility index (Phi) is 8.24. The minimum absolute atomic E-state index is 0.466. The molecule has 3 heterocycles. The summed E-state index contributed by atoms with van der Waals surface area (Å²) in [5.74, 6) is 1.77. The number of hydrogen-bond donors (Lipinski definition) is 0. The van der Waals surface area contributed by atoms with E-state index in [1.165, 1.54) is 65.4 Å². The zero-order chi connectivity index (χ0) is 47.1. The van der Waals surface area contributed by atoms with Gasteiger partial charge in [0.15, 0.2) is 0 Å². The van der Waals surface area contributed by atoms with E-state index < -0.39 is 10.8 Å². The Balaban J connectivity index is 0.929. The van der Waals surface area contributed by atoms with Crippen LogP contribution in [0.4, 0.5) is 17.1 Å². The fourth-order valence-corrected chi connectivity index (χ4v) is 14.3. The minimum atomic E-state index is -0.609. The number of nitrogens with zero attached hydrogens (tertiary/aromatic N) is 1. The highest BCUT2D eigenvalue weighted by Gasteiger charge is 2.52. The average Bonchev–Trinajstić information content (AvgIpc) is 4.07. The van der Waals surface area contributed by atoms with E-state index in [4.69, 9.17) is 9.15 Å². The smallest absolute Gasteiger partial charge is 0.135 e. The highest BCUT2D eigenvalue weighted by Crippen LogP contribution is 2.65. The number of benzene rings is 11. The van der Waals surface area contributed by atoms with Crippen LogP contribution < -0.4 is 9.64 Å². The van der Waals surface area contributed by atoms with Crippen molar-refractivity contribution in [3.63, 3.8) is 0 Å². The van der Waals surface area contributed by atoms with Gasteiger partial charge in [0.2, 0.25) is 0 Å². The lowest BCUT2D eigenvalue weighted by Crippen LogP contribution is -2.32. The first-order valence-electron chi connectivity index (χ1n) is 24.7. The van der Waals surface area contributed by atoms with Crippen LogP contribution in [-0.4, -0.2) is 0 Å². The van der Waals surface area contributed by atoms with Crippen molar-refractivity contribution in [2.75, 3.05) is 4.90 Å². The number of fused-ring (bicyclic) bond motifs is 21. The summed E-state index contributed by atoms with van der Waals surface area (Å²) < 4.78 is 13.0. The van der Waals surface area contributed by atoms with Crippen LogP contribution >= 0.6 is 11.8 Å². The summed E-state index contributed by atoms with van der Waals surface area (Å²) in [7, 11) is 0. The molecule has 0 saturated carbocycles. The molecule has 2 aliphatic carbocycles. The van der Waals surface area contributed by atoms with E-state index in [1.54, 1.807) is 0 Å². The Bertz CT molecular complexity index is 4170. The van der Waals surface area contributed by atoms with E-state index in [9.17, 15) is 0 Å². The van der Waals surface area contributed by atoms with E-state index in [2.05, 4.69) is 241 Å².